The van der Waals surface area contributed by atoms with Crippen molar-refractivity contribution in [1.82, 2.24) is 4.72 Å². The van der Waals surface area contributed by atoms with Gasteiger partial charge in [0.05, 0.1) is 5.75 Å². The lowest BCUT2D eigenvalue weighted by Gasteiger charge is -2.14. The molecule has 0 aliphatic heterocycles. The highest BCUT2D eigenvalue weighted by molar-refractivity contribution is 7.88. The highest BCUT2D eigenvalue weighted by Gasteiger charge is 2.15. The van der Waals surface area contributed by atoms with Gasteiger partial charge in [-0.15, -0.1) is 0 Å². The highest BCUT2D eigenvalue weighted by atomic mass is 32.2. The summed E-state index contributed by atoms with van der Waals surface area (Å²) in [5.74, 6) is -0.469. The molecule has 0 aromatic heterocycles. The fourth-order valence-corrected chi connectivity index (χ4v) is 3.11. The van der Waals surface area contributed by atoms with Crippen molar-refractivity contribution in [2.75, 3.05) is 0 Å². The standard InChI is InChI=1S/C12H18FNO2S/c1-3-12(4-2)14-17(15,16)9-10-5-7-11(13)8-6-10/h5-8,12,14H,3-4,9H2,1-2H3. The van der Waals surface area contributed by atoms with Crippen molar-refractivity contribution in [2.45, 2.75) is 38.5 Å². The molecule has 0 spiro atoms. The maximum atomic E-state index is 12.7. The van der Waals surface area contributed by atoms with Gasteiger partial charge in [0.1, 0.15) is 5.82 Å². The Bertz CT molecular complexity index is 438. The fraction of sp³-hybridized carbons (Fsp3) is 0.500. The molecule has 96 valence electrons. The van der Waals surface area contributed by atoms with E-state index in [4.69, 9.17) is 0 Å². The molecule has 0 saturated carbocycles. The van der Waals surface area contributed by atoms with Gasteiger partial charge < -0.3 is 0 Å². The zero-order valence-electron chi connectivity index (χ0n) is 10.1. The van der Waals surface area contributed by atoms with Gasteiger partial charge in [0, 0.05) is 6.04 Å². The van der Waals surface area contributed by atoms with Crippen molar-refractivity contribution in [3.63, 3.8) is 0 Å². The maximum Gasteiger partial charge on any atom is 0.216 e. The second kappa shape index (κ2) is 6.12. The third kappa shape index (κ3) is 4.83. The smallest absolute Gasteiger partial charge is 0.212 e. The normalized spacial score (nSPS) is 12.0. The molecule has 0 saturated heterocycles. The van der Waals surface area contributed by atoms with Crippen LogP contribution in [0.2, 0.25) is 0 Å². The molecule has 1 N–H and O–H groups in total. The van der Waals surface area contributed by atoms with E-state index < -0.39 is 10.0 Å². The molecule has 0 fully saturated rings. The van der Waals surface area contributed by atoms with Gasteiger partial charge in [-0.25, -0.2) is 17.5 Å². The number of rotatable bonds is 6. The van der Waals surface area contributed by atoms with Crippen LogP contribution < -0.4 is 4.72 Å². The number of nitrogens with one attached hydrogen (secondary N) is 1. The van der Waals surface area contributed by atoms with Crippen molar-refractivity contribution in [3.8, 4) is 0 Å². The lowest BCUT2D eigenvalue weighted by molar-refractivity contribution is 0.529. The van der Waals surface area contributed by atoms with Gasteiger partial charge in [-0.3, -0.25) is 0 Å². The summed E-state index contributed by atoms with van der Waals surface area (Å²) in [6.45, 7) is 3.88. The van der Waals surface area contributed by atoms with Gasteiger partial charge in [0.2, 0.25) is 10.0 Å². The van der Waals surface area contributed by atoms with Crippen LogP contribution in [0.25, 0.3) is 0 Å². The van der Waals surface area contributed by atoms with E-state index >= 15 is 0 Å². The zero-order chi connectivity index (χ0) is 12.9. The SMILES string of the molecule is CCC(CC)NS(=O)(=O)Cc1ccc(F)cc1. The molecule has 0 amide bonds. The van der Waals surface area contributed by atoms with Crippen LogP contribution in [0.4, 0.5) is 4.39 Å². The van der Waals surface area contributed by atoms with Crippen molar-refractivity contribution in [3.05, 3.63) is 35.6 Å². The van der Waals surface area contributed by atoms with E-state index in [0.717, 1.165) is 12.8 Å². The van der Waals surface area contributed by atoms with Crippen LogP contribution in [0.3, 0.4) is 0 Å². The minimum absolute atomic E-state index is 0.0274. The molecule has 0 aliphatic rings. The topological polar surface area (TPSA) is 46.2 Å². The first-order chi connectivity index (χ1) is 7.96. The minimum Gasteiger partial charge on any atom is -0.212 e. The molecule has 1 aromatic carbocycles. The molecule has 3 nitrogen and oxygen atoms in total. The Balaban J connectivity index is 2.69. The van der Waals surface area contributed by atoms with Gasteiger partial charge in [-0.05, 0) is 30.5 Å². The average molecular weight is 259 g/mol. The summed E-state index contributed by atoms with van der Waals surface area (Å²) in [7, 11) is -3.34. The highest BCUT2D eigenvalue weighted by Crippen LogP contribution is 2.08. The molecular formula is C12H18FNO2S. The Morgan fingerprint density at radius 3 is 2.18 bits per heavy atom. The van der Waals surface area contributed by atoms with Gasteiger partial charge in [-0.1, -0.05) is 26.0 Å². The predicted octanol–water partition coefficient (Wildman–Crippen LogP) is 2.43. The second-order valence-electron chi connectivity index (χ2n) is 4.02. The monoisotopic (exact) mass is 259 g/mol. The molecule has 5 heteroatoms. The third-order valence-corrected chi connectivity index (χ3v) is 4.01. The van der Waals surface area contributed by atoms with Crippen LogP contribution in [-0.2, 0) is 15.8 Å². The summed E-state index contributed by atoms with van der Waals surface area (Å²) in [6, 6.07) is 5.48. The van der Waals surface area contributed by atoms with Crippen molar-refractivity contribution < 1.29 is 12.8 Å². The Morgan fingerprint density at radius 1 is 1.18 bits per heavy atom. The summed E-state index contributed by atoms with van der Waals surface area (Å²) in [6.07, 6.45) is 1.53. The number of halogens is 1. The molecular weight excluding hydrogens is 241 g/mol. The van der Waals surface area contributed by atoms with E-state index in [2.05, 4.69) is 4.72 Å². The molecule has 0 radical (unpaired) electrons. The predicted molar refractivity (Wildman–Crippen MR) is 66.5 cm³/mol. The Morgan fingerprint density at radius 2 is 1.71 bits per heavy atom. The van der Waals surface area contributed by atoms with Crippen LogP contribution in [-0.4, -0.2) is 14.5 Å². The summed E-state index contributed by atoms with van der Waals surface area (Å²) >= 11 is 0. The van der Waals surface area contributed by atoms with Crippen molar-refractivity contribution in [1.29, 1.82) is 0 Å². The summed E-state index contributed by atoms with van der Waals surface area (Å²) in [4.78, 5) is 0. The van der Waals surface area contributed by atoms with Gasteiger partial charge in [0.25, 0.3) is 0 Å². The van der Waals surface area contributed by atoms with E-state index in [1.807, 2.05) is 13.8 Å². The lowest BCUT2D eigenvalue weighted by atomic mass is 10.2. The molecule has 17 heavy (non-hydrogen) atoms. The molecule has 0 aliphatic carbocycles. The zero-order valence-corrected chi connectivity index (χ0v) is 10.9. The average Bonchev–Trinajstić information content (AvgIpc) is 2.29. The van der Waals surface area contributed by atoms with E-state index in [-0.39, 0.29) is 17.6 Å². The summed E-state index contributed by atoms with van der Waals surface area (Å²) in [5.41, 5.74) is 0.588. The van der Waals surface area contributed by atoms with Crippen LogP contribution in [0.1, 0.15) is 32.3 Å². The van der Waals surface area contributed by atoms with Crippen LogP contribution >= 0.6 is 0 Å². The van der Waals surface area contributed by atoms with E-state index in [9.17, 15) is 12.8 Å². The van der Waals surface area contributed by atoms with Crippen LogP contribution in [0.5, 0.6) is 0 Å². The first-order valence-corrected chi connectivity index (χ1v) is 7.36. The number of sulfonamides is 1. The van der Waals surface area contributed by atoms with E-state index in [0.29, 0.717) is 5.56 Å². The number of hydrogen-bond acceptors (Lipinski definition) is 2. The quantitative estimate of drug-likeness (QED) is 0.853. The Kier molecular flexibility index (Phi) is 5.08. The molecule has 1 rings (SSSR count). The van der Waals surface area contributed by atoms with Gasteiger partial charge in [0.15, 0.2) is 0 Å². The van der Waals surface area contributed by atoms with Gasteiger partial charge in [-0.2, -0.15) is 0 Å². The Labute approximate surface area is 102 Å². The van der Waals surface area contributed by atoms with Crippen molar-refractivity contribution in [2.24, 2.45) is 0 Å². The molecule has 0 bridgehead atoms. The van der Waals surface area contributed by atoms with Crippen LogP contribution in [0, 0.1) is 5.82 Å². The van der Waals surface area contributed by atoms with Gasteiger partial charge >= 0.3 is 0 Å². The van der Waals surface area contributed by atoms with Crippen LogP contribution in [0.15, 0.2) is 24.3 Å². The fourth-order valence-electron chi connectivity index (χ4n) is 1.55. The molecule has 0 unspecified atom stereocenters. The maximum absolute atomic E-state index is 12.7. The Hall–Kier alpha value is -0.940. The van der Waals surface area contributed by atoms with E-state index in [1.54, 1.807) is 0 Å². The molecule has 0 atom stereocenters. The third-order valence-electron chi connectivity index (χ3n) is 2.60. The number of benzene rings is 1. The second-order valence-corrected chi connectivity index (χ2v) is 5.77. The first-order valence-electron chi connectivity index (χ1n) is 5.71. The minimum atomic E-state index is -3.34. The summed E-state index contributed by atoms with van der Waals surface area (Å²) in [5, 5.41) is 0. The van der Waals surface area contributed by atoms with Crippen molar-refractivity contribution >= 4 is 10.0 Å². The summed E-state index contributed by atoms with van der Waals surface area (Å²) < 4.78 is 38.9. The lowest BCUT2D eigenvalue weighted by Crippen LogP contribution is -2.34. The largest absolute Gasteiger partial charge is 0.216 e. The van der Waals surface area contributed by atoms with E-state index in [1.165, 1.54) is 24.3 Å². The first kappa shape index (κ1) is 14.1. The molecule has 1 aromatic rings. The number of hydrogen-bond donors (Lipinski definition) is 1. The molecule has 0 heterocycles.